The van der Waals surface area contributed by atoms with E-state index in [1.807, 2.05) is 17.0 Å². The lowest BCUT2D eigenvalue weighted by atomic mass is 9.84. The molecule has 0 spiro atoms. The van der Waals surface area contributed by atoms with Crippen molar-refractivity contribution in [3.63, 3.8) is 0 Å². The molecule has 1 aliphatic heterocycles. The van der Waals surface area contributed by atoms with Crippen LogP contribution in [0.5, 0.6) is 0 Å². The summed E-state index contributed by atoms with van der Waals surface area (Å²) in [7, 11) is 0. The molecule has 3 rings (SSSR count). The highest BCUT2D eigenvalue weighted by Crippen LogP contribution is 2.28. The first-order chi connectivity index (χ1) is 10.6. The van der Waals surface area contributed by atoms with Gasteiger partial charge in [0.1, 0.15) is 0 Å². The van der Waals surface area contributed by atoms with Crippen molar-refractivity contribution in [1.29, 1.82) is 0 Å². The molecule has 1 heterocycles. The minimum Gasteiger partial charge on any atom is -0.336 e. The van der Waals surface area contributed by atoms with Gasteiger partial charge in [0.2, 0.25) is 0 Å². The van der Waals surface area contributed by atoms with Crippen LogP contribution < -0.4 is 0 Å². The van der Waals surface area contributed by atoms with Crippen LogP contribution >= 0.6 is 11.6 Å². The highest BCUT2D eigenvalue weighted by Gasteiger charge is 2.30. The van der Waals surface area contributed by atoms with Crippen LogP contribution in [0.25, 0.3) is 0 Å². The molecule has 1 saturated carbocycles. The van der Waals surface area contributed by atoms with Gasteiger partial charge in [-0.25, -0.2) is 0 Å². The Morgan fingerprint density at radius 3 is 2.55 bits per heavy atom. The summed E-state index contributed by atoms with van der Waals surface area (Å²) in [5, 5.41) is 0.625. The molecule has 2 unspecified atom stereocenters. The average Bonchev–Trinajstić information content (AvgIpc) is 2.55. The first kappa shape index (κ1) is 15.8. The van der Waals surface area contributed by atoms with Gasteiger partial charge in [-0.1, -0.05) is 37.4 Å². The second-order valence-electron chi connectivity index (χ2n) is 6.67. The molecule has 1 amide bonds. The van der Waals surface area contributed by atoms with E-state index < -0.39 is 0 Å². The molecular weight excluding hydrogens is 296 g/mol. The Balaban J connectivity index is 1.58. The van der Waals surface area contributed by atoms with E-state index in [-0.39, 0.29) is 5.91 Å². The van der Waals surface area contributed by atoms with Crippen molar-refractivity contribution in [1.82, 2.24) is 9.80 Å². The summed E-state index contributed by atoms with van der Waals surface area (Å²) in [5.41, 5.74) is 0.701. The van der Waals surface area contributed by atoms with E-state index in [2.05, 4.69) is 11.8 Å². The standard InChI is InChI=1S/C18H25ClN2O/c1-14-5-2-3-8-17(14)20-9-11-21(12-10-20)18(22)15-6-4-7-16(19)13-15/h4,6-7,13-14,17H,2-3,5,8-12H2,1H3. The molecule has 4 heteroatoms. The molecule has 1 saturated heterocycles. The zero-order valence-electron chi connectivity index (χ0n) is 13.3. The van der Waals surface area contributed by atoms with Gasteiger partial charge in [0, 0.05) is 42.8 Å². The number of carbonyl (C=O) groups is 1. The van der Waals surface area contributed by atoms with Gasteiger partial charge in [0.05, 0.1) is 0 Å². The molecule has 3 nitrogen and oxygen atoms in total. The summed E-state index contributed by atoms with van der Waals surface area (Å²) in [6.45, 7) is 6.04. The number of nitrogens with zero attached hydrogens (tertiary/aromatic N) is 2. The quantitative estimate of drug-likeness (QED) is 0.830. The van der Waals surface area contributed by atoms with Crippen molar-refractivity contribution in [3.8, 4) is 0 Å². The maximum atomic E-state index is 12.5. The smallest absolute Gasteiger partial charge is 0.253 e. The molecule has 1 aromatic carbocycles. The Morgan fingerprint density at radius 2 is 1.86 bits per heavy atom. The number of benzene rings is 1. The Bertz CT molecular complexity index is 526. The third-order valence-electron chi connectivity index (χ3n) is 5.21. The highest BCUT2D eigenvalue weighted by molar-refractivity contribution is 6.30. The van der Waals surface area contributed by atoms with Crippen LogP contribution in [0.3, 0.4) is 0 Å². The molecule has 1 aliphatic carbocycles. The molecule has 0 aromatic heterocycles. The fourth-order valence-corrected chi connectivity index (χ4v) is 4.09. The number of halogens is 1. The molecular formula is C18H25ClN2O. The molecule has 2 aliphatic rings. The number of rotatable bonds is 2. The second-order valence-corrected chi connectivity index (χ2v) is 7.10. The summed E-state index contributed by atoms with van der Waals surface area (Å²) in [6.07, 6.45) is 5.41. The molecule has 1 aromatic rings. The van der Waals surface area contributed by atoms with Crippen molar-refractivity contribution >= 4 is 17.5 Å². The van der Waals surface area contributed by atoms with Crippen LogP contribution in [-0.4, -0.2) is 47.9 Å². The molecule has 0 bridgehead atoms. The van der Waals surface area contributed by atoms with Crippen LogP contribution in [-0.2, 0) is 0 Å². The zero-order valence-corrected chi connectivity index (χ0v) is 14.1. The molecule has 120 valence electrons. The first-order valence-corrected chi connectivity index (χ1v) is 8.82. The molecule has 0 radical (unpaired) electrons. The van der Waals surface area contributed by atoms with Gasteiger partial charge < -0.3 is 4.90 Å². The van der Waals surface area contributed by atoms with Gasteiger partial charge in [-0.15, -0.1) is 0 Å². The monoisotopic (exact) mass is 320 g/mol. The van der Waals surface area contributed by atoms with Gasteiger partial charge in [0.15, 0.2) is 0 Å². The summed E-state index contributed by atoms with van der Waals surface area (Å²) < 4.78 is 0. The number of amides is 1. The minimum absolute atomic E-state index is 0.110. The fourth-order valence-electron chi connectivity index (χ4n) is 3.90. The maximum Gasteiger partial charge on any atom is 0.253 e. The van der Waals surface area contributed by atoms with Crippen LogP contribution in [0.2, 0.25) is 5.02 Å². The highest BCUT2D eigenvalue weighted by atomic mass is 35.5. The number of carbonyl (C=O) groups excluding carboxylic acids is 1. The minimum atomic E-state index is 0.110. The van der Waals surface area contributed by atoms with Gasteiger partial charge in [-0.05, 0) is 37.0 Å². The van der Waals surface area contributed by atoms with E-state index in [4.69, 9.17) is 11.6 Å². The SMILES string of the molecule is CC1CCCCC1N1CCN(C(=O)c2cccc(Cl)c2)CC1. The zero-order chi connectivity index (χ0) is 15.5. The second kappa shape index (κ2) is 7.01. The van der Waals surface area contributed by atoms with E-state index >= 15 is 0 Å². The molecule has 22 heavy (non-hydrogen) atoms. The van der Waals surface area contributed by atoms with Crippen LogP contribution in [0.15, 0.2) is 24.3 Å². The molecule has 2 fully saturated rings. The normalized spacial score (nSPS) is 26.9. The van der Waals surface area contributed by atoms with Crippen molar-refractivity contribution in [2.75, 3.05) is 26.2 Å². The number of hydrogen-bond acceptors (Lipinski definition) is 2. The first-order valence-electron chi connectivity index (χ1n) is 8.44. The lowest BCUT2D eigenvalue weighted by Gasteiger charge is -2.43. The van der Waals surface area contributed by atoms with Crippen molar-refractivity contribution in [3.05, 3.63) is 34.9 Å². The summed E-state index contributed by atoms with van der Waals surface area (Å²) in [4.78, 5) is 17.1. The third-order valence-corrected chi connectivity index (χ3v) is 5.44. The van der Waals surface area contributed by atoms with Crippen LogP contribution in [0.4, 0.5) is 0 Å². The Hall–Kier alpha value is -1.06. The average molecular weight is 321 g/mol. The predicted octanol–water partition coefficient (Wildman–Crippen LogP) is 3.68. The Labute approximate surface area is 138 Å². The fraction of sp³-hybridized carbons (Fsp3) is 0.611. The Morgan fingerprint density at radius 1 is 1.14 bits per heavy atom. The largest absolute Gasteiger partial charge is 0.336 e. The lowest BCUT2D eigenvalue weighted by Crippen LogP contribution is -2.53. The summed E-state index contributed by atoms with van der Waals surface area (Å²) in [5.74, 6) is 0.905. The van der Waals surface area contributed by atoms with Crippen LogP contribution in [0.1, 0.15) is 43.0 Å². The number of hydrogen-bond donors (Lipinski definition) is 0. The van der Waals surface area contributed by atoms with Crippen molar-refractivity contribution in [2.24, 2.45) is 5.92 Å². The van der Waals surface area contributed by atoms with Gasteiger partial charge in [-0.2, -0.15) is 0 Å². The molecule has 0 N–H and O–H groups in total. The van der Waals surface area contributed by atoms with Gasteiger partial charge >= 0.3 is 0 Å². The van der Waals surface area contributed by atoms with E-state index in [1.54, 1.807) is 12.1 Å². The van der Waals surface area contributed by atoms with Crippen molar-refractivity contribution < 1.29 is 4.79 Å². The van der Waals surface area contributed by atoms with Gasteiger partial charge in [-0.3, -0.25) is 9.69 Å². The topological polar surface area (TPSA) is 23.6 Å². The van der Waals surface area contributed by atoms with E-state index in [0.717, 1.165) is 38.1 Å². The Kier molecular flexibility index (Phi) is 5.04. The van der Waals surface area contributed by atoms with E-state index in [0.29, 0.717) is 10.6 Å². The number of piperazine rings is 1. The maximum absolute atomic E-state index is 12.5. The van der Waals surface area contributed by atoms with E-state index in [1.165, 1.54) is 25.7 Å². The lowest BCUT2D eigenvalue weighted by molar-refractivity contribution is 0.0423. The third kappa shape index (κ3) is 3.47. The summed E-state index contributed by atoms with van der Waals surface area (Å²) in [6, 6.07) is 7.98. The summed E-state index contributed by atoms with van der Waals surface area (Å²) >= 11 is 5.99. The van der Waals surface area contributed by atoms with Crippen molar-refractivity contribution in [2.45, 2.75) is 38.6 Å². The van der Waals surface area contributed by atoms with E-state index in [9.17, 15) is 4.79 Å². The molecule has 2 atom stereocenters. The van der Waals surface area contributed by atoms with Gasteiger partial charge in [0.25, 0.3) is 5.91 Å². The predicted molar refractivity (Wildman–Crippen MR) is 90.3 cm³/mol. The van der Waals surface area contributed by atoms with Crippen LogP contribution in [0, 0.1) is 5.92 Å².